The number of hydrogen-bond donors (Lipinski definition) is 3. The Morgan fingerprint density at radius 3 is 2.82 bits per heavy atom. The number of nitrogens with one attached hydrogen (secondary N) is 3. The SMILES string of the molecule is O=C(NCCc1ccc(Cl)cc1)Nc1ccc2nc[nH]c2c1. The summed E-state index contributed by atoms with van der Waals surface area (Å²) in [5.74, 6) is 0. The van der Waals surface area contributed by atoms with Crippen LogP contribution in [0.15, 0.2) is 48.8 Å². The zero-order valence-corrected chi connectivity index (χ0v) is 12.5. The molecule has 0 bridgehead atoms. The van der Waals surface area contributed by atoms with E-state index in [0.29, 0.717) is 11.6 Å². The third-order valence-electron chi connectivity index (χ3n) is 3.29. The maximum atomic E-state index is 11.9. The zero-order chi connectivity index (χ0) is 15.4. The van der Waals surface area contributed by atoms with Gasteiger partial charge in [0, 0.05) is 17.3 Å². The number of halogens is 1. The van der Waals surface area contributed by atoms with Crippen LogP contribution in [0.25, 0.3) is 11.0 Å². The van der Waals surface area contributed by atoms with Gasteiger partial charge in [-0.1, -0.05) is 23.7 Å². The number of aromatic amines is 1. The van der Waals surface area contributed by atoms with E-state index in [1.807, 2.05) is 42.5 Å². The molecule has 0 spiro atoms. The van der Waals surface area contributed by atoms with Gasteiger partial charge in [0.2, 0.25) is 0 Å². The molecule has 0 aliphatic rings. The van der Waals surface area contributed by atoms with Gasteiger partial charge in [-0.15, -0.1) is 0 Å². The van der Waals surface area contributed by atoms with E-state index in [2.05, 4.69) is 20.6 Å². The lowest BCUT2D eigenvalue weighted by atomic mass is 10.1. The minimum atomic E-state index is -0.229. The molecule has 3 N–H and O–H groups in total. The lowest BCUT2D eigenvalue weighted by Crippen LogP contribution is -2.30. The van der Waals surface area contributed by atoms with Gasteiger partial charge in [0.15, 0.2) is 0 Å². The van der Waals surface area contributed by atoms with E-state index in [1.54, 1.807) is 6.33 Å². The molecular formula is C16H15ClN4O. The van der Waals surface area contributed by atoms with Crippen molar-refractivity contribution in [2.75, 3.05) is 11.9 Å². The fourth-order valence-electron chi connectivity index (χ4n) is 2.16. The number of H-pyrrole nitrogens is 1. The normalized spacial score (nSPS) is 10.6. The molecule has 0 aliphatic carbocycles. The molecule has 2 aromatic carbocycles. The van der Waals surface area contributed by atoms with Crippen LogP contribution < -0.4 is 10.6 Å². The van der Waals surface area contributed by atoms with Gasteiger partial charge >= 0.3 is 6.03 Å². The highest BCUT2D eigenvalue weighted by atomic mass is 35.5. The number of nitrogens with zero attached hydrogens (tertiary/aromatic N) is 1. The highest BCUT2D eigenvalue weighted by molar-refractivity contribution is 6.30. The van der Waals surface area contributed by atoms with Crippen molar-refractivity contribution >= 4 is 34.4 Å². The monoisotopic (exact) mass is 314 g/mol. The predicted molar refractivity (Wildman–Crippen MR) is 88.3 cm³/mol. The van der Waals surface area contributed by atoms with E-state index >= 15 is 0 Å². The lowest BCUT2D eigenvalue weighted by molar-refractivity contribution is 0.252. The van der Waals surface area contributed by atoms with E-state index < -0.39 is 0 Å². The zero-order valence-electron chi connectivity index (χ0n) is 11.8. The third kappa shape index (κ3) is 3.56. The Bertz CT molecular complexity index is 782. The molecule has 0 saturated heterocycles. The van der Waals surface area contributed by atoms with Crippen LogP contribution in [0.5, 0.6) is 0 Å². The number of hydrogen-bond acceptors (Lipinski definition) is 2. The van der Waals surface area contributed by atoms with Gasteiger partial charge in [-0.05, 0) is 42.3 Å². The van der Waals surface area contributed by atoms with Crippen LogP contribution in [0.2, 0.25) is 5.02 Å². The quantitative estimate of drug-likeness (QED) is 0.689. The molecule has 112 valence electrons. The average Bonchev–Trinajstić information content (AvgIpc) is 2.97. The number of carbonyl (C=O) groups excluding carboxylic acids is 1. The van der Waals surface area contributed by atoms with Crippen molar-refractivity contribution in [1.82, 2.24) is 15.3 Å². The third-order valence-corrected chi connectivity index (χ3v) is 3.54. The number of urea groups is 1. The van der Waals surface area contributed by atoms with Crippen molar-refractivity contribution in [1.29, 1.82) is 0 Å². The molecule has 3 aromatic rings. The van der Waals surface area contributed by atoms with Crippen molar-refractivity contribution < 1.29 is 4.79 Å². The lowest BCUT2D eigenvalue weighted by Gasteiger charge is -2.08. The molecule has 0 atom stereocenters. The molecule has 0 fully saturated rings. The summed E-state index contributed by atoms with van der Waals surface area (Å²) in [6.07, 6.45) is 2.38. The van der Waals surface area contributed by atoms with E-state index in [9.17, 15) is 4.79 Å². The molecular weight excluding hydrogens is 300 g/mol. The van der Waals surface area contributed by atoms with E-state index in [4.69, 9.17) is 11.6 Å². The first-order valence-corrected chi connectivity index (χ1v) is 7.31. The standard InChI is InChI=1S/C16H15ClN4O/c17-12-3-1-11(2-4-12)7-8-18-16(22)21-13-5-6-14-15(9-13)20-10-19-14/h1-6,9-10H,7-8H2,(H,19,20)(H2,18,21,22). The van der Waals surface area contributed by atoms with Gasteiger partial charge in [0.1, 0.15) is 0 Å². The van der Waals surface area contributed by atoms with Crippen LogP contribution in [0.1, 0.15) is 5.56 Å². The van der Waals surface area contributed by atoms with Gasteiger partial charge in [-0.3, -0.25) is 0 Å². The second-order valence-electron chi connectivity index (χ2n) is 4.89. The molecule has 1 heterocycles. The second-order valence-corrected chi connectivity index (χ2v) is 5.33. The molecule has 22 heavy (non-hydrogen) atoms. The van der Waals surface area contributed by atoms with Crippen LogP contribution in [-0.2, 0) is 6.42 Å². The van der Waals surface area contributed by atoms with E-state index in [-0.39, 0.29) is 6.03 Å². The van der Waals surface area contributed by atoms with Crippen molar-refractivity contribution in [2.45, 2.75) is 6.42 Å². The van der Waals surface area contributed by atoms with Crippen molar-refractivity contribution in [3.05, 3.63) is 59.4 Å². The van der Waals surface area contributed by atoms with Crippen molar-refractivity contribution in [3.63, 3.8) is 0 Å². The first-order valence-electron chi connectivity index (χ1n) is 6.93. The van der Waals surface area contributed by atoms with Gasteiger partial charge in [0.25, 0.3) is 0 Å². The summed E-state index contributed by atoms with van der Waals surface area (Å²) in [6, 6.07) is 12.9. The van der Waals surface area contributed by atoms with Crippen LogP contribution in [0, 0.1) is 0 Å². The van der Waals surface area contributed by atoms with Crippen LogP contribution in [0.3, 0.4) is 0 Å². The van der Waals surface area contributed by atoms with Crippen LogP contribution in [-0.4, -0.2) is 22.5 Å². The number of anilines is 1. The Balaban J connectivity index is 1.50. The summed E-state index contributed by atoms with van der Waals surface area (Å²) >= 11 is 5.83. The Labute approximate surface area is 132 Å². The topological polar surface area (TPSA) is 69.8 Å². The second kappa shape index (κ2) is 6.49. The minimum Gasteiger partial charge on any atom is -0.345 e. The Kier molecular flexibility index (Phi) is 4.25. The van der Waals surface area contributed by atoms with E-state index in [1.165, 1.54) is 0 Å². The summed E-state index contributed by atoms with van der Waals surface area (Å²) in [5, 5.41) is 6.34. The molecule has 6 heteroatoms. The largest absolute Gasteiger partial charge is 0.345 e. The molecule has 0 unspecified atom stereocenters. The summed E-state index contributed by atoms with van der Waals surface area (Å²) < 4.78 is 0. The van der Waals surface area contributed by atoms with Gasteiger partial charge in [-0.25, -0.2) is 9.78 Å². The smallest absolute Gasteiger partial charge is 0.319 e. The molecule has 5 nitrogen and oxygen atoms in total. The highest BCUT2D eigenvalue weighted by Crippen LogP contribution is 2.15. The molecule has 0 aliphatic heterocycles. The number of imidazole rings is 1. The molecule has 0 radical (unpaired) electrons. The number of fused-ring (bicyclic) bond motifs is 1. The maximum absolute atomic E-state index is 11.9. The number of amides is 2. The fraction of sp³-hybridized carbons (Fsp3) is 0.125. The number of rotatable bonds is 4. The minimum absolute atomic E-state index is 0.229. The average molecular weight is 315 g/mol. The Hall–Kier alpha value is -2.53. The van der Waals surface area contributed by atoms with Gasteiger partial charge in [-0.2, -0.15) is 0 Å². The highest BCUT2D eigenvalue weighted by Gasteiger charge is 2.03. The van der Waals surface area contributed by atoms with Crippen LogP contribution >= 0.6 is 11.6 Å². The molecule has 3 rings (SSSR count). The first-order chi connectivity index (χ1) is 10.7. The summed E-state index contributed by atoms with van der Waals surface area (Å²) in [5.41, 5.74) is 3.61. The fourth-order valence-corrected chi connectivity index (χ4v) is 2.29. The Morgan fingerprint density at radius 2 is 2.00 bits per heavy atom. The van der Waals surface area contributed by atoms with Crippen molar-refractivity contribution in [2.24, 2.45) is 0 Å². The van der Waals surface area contributed by atoms with E-state index in [0.717, 1.165) is 28.7 Å². The number of carbonyl (C=O) groups is 1. The summed E-state index contributed by atoms with van der Waals surface area (Å²) in [4.78, 5) is 19.0. The molecule has 2 amide bonds. The van der Waals surface area contributed by atoms with Crippen LogP contribution in [0.4, 0.5) is 10.5 Å². The van der Waals surface area contributed by atoms with Gasteiger partial charge in [0.05, 0.1) is 17.4 Å². The maximum Gasteiger partial charge on any atom is 0.319 e. The Morgan fingerprint density at radius 1 is 1.18 bits per heavy atom. The number of aromatic nitrogens is 2. The summed E-state index contributed by atoms with van der Waals surface area (Å²) in [7, 11) is 0. The van der Waals surface area contributed by atoms with Gasteiger partial charge < -0.3 is 15.6 Å². The summed E-state index contributed by atoms with van der Waals surface area (Å²) in [6.45, 7) is 0.555. The molecule has 1 aromatic heterocycles. The number of benzene rings is 2. The van der Waals surface area contributed by atoms with Crippen molar-refractivity contribution in [3.8, 4) is 0 Å². The molecule has 0 saturated carbocycles. The first kappa shape index (κ1) is 14.4. The predicted octanol–water partition coefficient (Wildman–Crippen LogP) is 3.58.